The molecule has 2 atom stereocenters. The summed E-state index contributed by atoms with van der Waals surface area (Å²) >= 11 is 5.60. The van der Waals surface area contributed by atoms with Crippen molar-refractivity contribution in [3.8, 4) is 0 Å². The number of nitrogens with one attached hydrogen (secondary N) is 2. The number of aryl methyl sites for hydroxylation is 2. The van der Waals surface area contributed by atoms with Crippen LogP contribution in [-0.2, 0) is 0 Å². The normalized spacial score (nSPS) is 26.5. The molecular weight excluding hydrogens is 326 g/mol. The van der Waals surface area contributed by atoms with Gasteiger partial charge in [0.25, 0.3) is 0 Å². The van der Waals surface area contributed by atoms with E-state index in [1.54, 1.807) is 0 Å². The monoisotopic (exact) mass is 359 g/mol. The van der Waals surface area contributed by atoms with Gasteiger partial charge in [0, 0.05) is 30.4 Å². The van der Waals surface area contributed by atoms with Gasteiger partial charge in [-0.15, -0.1) is 0 Å². The summed E-state index contributed by atoms with van der Waals surface area (Å²) in [7, 11) is 0. The molecule has 0 spiro atoms. The number of nitrogens with zero attached hydrogens (tertiary/aromatic N) is 1. The van der Waals surface area contributed by atoms with Gasteiger partial charge >= 0.3 is 0 Å². The van der Waals surface area contributed by atoms with Gasteiger partial charge in [-0.3, -0.25) is 4.90 Å². The number of fused-ring (bicyclic) bond motifs is 2. The molecule has 2 N–H and O–H groups in total. The lowest BCUT2D eigenvalue weighted by molar-refractivity contribution is 0.0191. The maximum absolute atomic E-state index is 5.60. The minimum Gasteiger partial charge on any atom is -0.360 e. The summed E-state index contributed by atoms with van der Waals surface area (Å²) in [5.74, 6) is 0.750. The smallest absolute Gasteiger partial charge is 0.170 e. The van der Waals surface area contributed by atoms with E-state index in [2.05, 4.69) is 61.4 Å². The Morgan fingerprint density at radius 2 is 1.72 bits per heavy atom. The number of anilines is 1. The summed E-state index contributed by atoms with van der Waals surface area (Å²) in [5, 5.41) is 7.76. The van der Waals surface area contributed by atoms with Crippen LogP contribution >= 0.6 is 12.2 Å². The third-order valence-electron chi connectivity index (χ3n) is 5.52. The van der Waals surface area contributed by atoms with Gasteiger partial charge in [0.05, 0.1) is 0 Å². The second kappa shape index (κ2) is 8.05. The predicted molar refractivity (Wildman–Crippen MR) is 111 cm³/mol. The predicted octanol–water partition coefficient (Wildman–Crippen LogP) is 4.63. The molecule has 0 aromatic heterocycles. The van der Waals surface area contributed by atoms with Gasteiger partial charge in [-0.2, -0.15) is 0 Å². The van der Waals surface area contributed by atoms with Crippen LogP contribution in [0.1, 0.15) is 57.1 Å². The second-order valence-corrected chi connectivity index (χ2v) is 8.88. The van der Waals surface area contributed by atoms with Crippen LogP contribution < -0.4 is 10.6 Å². The average molecular weight is 360 g/mol. The molecule has 2 saturated heterocycles. The minimum atomic E-state index is 0.504. The molecule has 2 heterocycles. The van der Waals surface area contributed by atoms with Crippen LogP contribution in [0.5, 0.6) is 0 Å². The first-order chi connectivity index (χ1) is 11.9. The molecule has 0 unspecified atom stereocenters. The molecule has 0 radical (unpaired) electrons. The van der Waals surface area contributed by atoms with Crippen molar-refractivity contribution in [3.63, 3.8) is 0 Å². The quantitative estimate of drug-likeness (QED) is 0.767. The lowest BCUT2D eigenvalue weighted by Crippen LogP contribution is -2.58. The molecule has 3 rings (SSSR count). The minimum absolute atomic E-state index is 0.504. The summed E-state index contributed by atoms with van der Waals surface area (Å²) < 4.78 is 0. The zero-order valence-electron chi connectivity index (χ0n) is 16.1. The molecule has 2 aliphatic heterocycles. The van der Waals surface area contributed by atoms with Gasteiger partial charge in [0.2, 0.25) is 0 Å². The molecule has 2 bridgehead atoms. The van der Waals surface area contributed by atoms with E-state index in [0.717, 1.165) is 28.8 Å². The first-order valence-electron chi connectivity index (χ1n) is 9.82. The van der Waals surface area contributed by atoms with Crippen LogP contribution in [0.3, 0.4) is 0 Å². The van der Waals surface area contributed by atoms with Crippen molar-refractivity contribution in [1.82, 2.24) is 10.2 Å². The zero-order chi connectivity index (χ0) is 18.0. The van der Waals surface area contributed by atoms with Gasteiger partial charge in [0.1, 0.15) is 0 Å². The maximum atomic E-state index is 5.60. The van der Waals surface area contributed by atoms with Crippen LogP contribution in [0.2, 0.25) is 0 Å². The zero-order valence-corrected chi connectivity index (χ0v) is 17.0. The lowest BCUT2D eigenvalue weighted by Gasteiger charge is -2.49. The van der Waals surface area contributed by atoms with Gasteiger partial charge < -0.3 is 10.6 Å². The second-order valence-electron chi connectivity index (χ2n) is 8.47. The summed E-state index contributed by atoms with van der Waals surface area (Å²) in [6.45, 7) is 10.2. The molecule has 0 amide bonds. The Kier molecular flexibility index (Phi) is 6.00. The number of rotatable bonds is 4. The topological polar surface area (TPSA) is 27.3 Å². The Labute approximate surface area is 158 Å². The van der Waals surface area contributed by atoms with E-state index in [1.165, 1.54) is 49.8 Å². The van der Waals surface area contributed by atoms with E-state index in [-0.39, 0.29) is 0 Å². The molecule has 1 aromatic carbocycles. The van der Waals surface area contributed by atoms with Gasteiger partial charge in [0.15, 0.2) is 5.11 Å². The van der Waals surface area contributed by atoms with Crippen molar-refractivity contribution < 1.29 is 0 Å². The Morgan fingerprint density at radius 1 is 1.12 bits per heavy atom. The highest BCUT2D eigenvalue weighted by molar-refractivity contribution is 7.80. The van der Waals surface area contributed by atoms with Crippen LogP contribution in [0.15, 0.2) is 18.2 Å². The SMILES string of the molecule is Cc1cc(C)cc(NC(=S)NC2C[C@@H]3CCC[C@@H](C2)N3CC(C)C)c1. The fourth-order valence-corrected chi connectivity index (χ4v) is 5.00. The van der Waals surface area contributed by atoms with E-state index >= 15 is 0 Å². The van der Waals surface area contributed by atoms with Crippen molar-refractivity contribution in [2.45, 2.75) is 77.9 Å². The van der Waals surface area contributed by atoms with Crippen molar-refractivity contribution in [3.05, 3.63) is 29.3 Å². The first kappa shape index (κ1) is 18.7. The van der Waals surface area contributed by atoms with Crippen LogP contribution in [0, 0.1) is 19.8 Å². The average Bonchev–Trinajstić information content (AvgIpc) is 2.46. The molecule has 138 valence electrons. The highest BCUT2D eigenvalue weighted by Crippen LogP contribution is 2.34. The molecule has 1 aromatic rings. The summed E-state index contributed by atoms with van der Waals surface area (Å²) in [6.07, 6.45) is 6.52. The number of hydrogen-bond donors (Lipinski definition) is 2. The van der Waals surface area contributed by atoms with E-state index in [9.17, 15) is 0 Å². The molecular formula is C21H33N3S. The Morgan fingerprint density at radius 3 is 2.28 bits per heavy atom. The summed E-state index contributed by atoms with van der Waals surface area (Å²) in [6, 6.07) is 8.47. The van der Waals surface area contributed by atoms with Gasteiger partial charge in [-0.05, 0) is 80.9 Å². The number of piperidine rings is 2. The Hall–Kier alpha value is -1.13. The van der Waals surface area contributed by atoms with Crippen LogP contribution in [-0.4, -0.2) is 34.7 Å². The third kappa shape index (κ3) is 4.95. The van der Waals surface area contributed by atoms with Crippen LogP contribution in [0.4, 0.5) is 5.69 Å². The summed E-state index contributed by atoms with van der Waals surface area (Å²) in [4.78, 5) is 2.78. The third-order valence-corrected chi connectivity index (χ3v) is 5.74. The number of hydrogen-bond acceptors (Lipinski definition) is 2. The molecule has 4 heteroatoms. The molecule has 25 heavy (non-hydrogen) atoms. The van der Waals surface area contributed by atoms with E-state index < -0.39 is 0 Å². The lowest BCUT2D eigenvalue weighted by atomic mass is 9.81. The van der Waals surface area contributed by atoms with E-state index in [4.69, 9.17) is 12.2 Å². The fourth-order valence-electron chi connectivity index (χ4n) is 4.72. The van der Waals surface area contributed by atoms with Crippen molar-refractivity contribution in [1.29, 1.82) is 0 Å². The van der Waals surface area contributed by atoms with Crippen molar-refractivity contribution in [2.24, 2.45) is 5.92 Å². The fraction of sp³-hybridized carbons (Fsp3) is 0.667. The number of benzene rings is 1. The van der Waals surface area contributed by atoms with E-state index in [0.29, 0.717) is 6.04 Å². The molecule has 2 aliphatic rings. The largest absolute Gasteiger partial charge is 0.360 e. The van der Waals surface area contributed by atoms with Gasteiger partial charge in [-0.1, -0.05) is 26.3 Å². The molecule has 2 fully saturated rings. The number of thiocarbonyl (C=S) groups is 1. The summed E-state index contributed by atoms with van der Waals surface area (Å²) in [5.41, 5.74) is 3.62. The molecule has 0 aliphatic carbocycles. The van der Waals surface area contributed by atoms with Crippen molar-refractivity contribution in [2.75, 3.05) is 11.9 Å². The molecule has 0 saturated carbocycles. The highest BCUT2D eigenvalue weighted by atomic mass is 32.1. The maximum Gasteiger partial charge on any atom is 0.170 e. The van der Waals surface area contributed by atoms with Gasteiger partial charge in [-0.25, -0.2) is 0 Å². The van der Waals surface area contributed by atoms with Crippen molar-refractivity contribution >= 4 is 23.0 Å². The molecule has 3 nitrogen and oxygen atoms in total. The first-order valence-corrected chi connectivity index (χ1v) is 10.2. The van der Waals surface area contributed by atoms with Crippen LogP contribution in [0.25, 0.3) is 0 Å². The Bertz CT molecular complexity index is 579. The highest BCUT2D eigenvalue weighted by Gasteiger charge is 2.38. The van der Waals surface area contributed by atoms with E-state index in [1.807, 2.05) is 0 Å². The standard InChI is InChI=1S/C21H33N3S/c1-14(2)13-24-19-6-5-7-20(24)12-18(11-19)23-21(25)22-17-9-15(3)8-16(4)10-17/h8-10,14,18-20H,5-7,11-13H2,1-4H3,(H2,22,23,25)/t19-,20-/m0/s1. The Balaban J connectivity index is 1.57.